The zero-order valence-electron chi connectivity index (χ0n) is 13.9. The van der Waals surface area contributed by atoms with Crippen LogP contribution in [0.2, 0.25) is 0 Å². The van der Waals surface area contributed by atoms with Crippen LogP contribution in [0.25, 0.3) is 0 Å². The summed E-state index contributed by atoms with van der Waals surface area (Å²) in [7, 11) is 3.91. The summed E-state index contributed by atoms with van der Waals surface area (Å²) in [6, 6.07) is 1.99. The van der Waals surface area contributed by atoms with E-state index < -0.39 is 0 Å². The van der Waals surface area contributed by atoms with Crippen LogP contribution in [0.1, 0.15) is 15.4 Å². The first kappa shape index (κ1) is 16.8. The Morgan fingerprint density at radius 3 is 3.08 bits per heavy atom. The van der Waals surface area contributed by atoms with Gasteiger partial charge in [0.05, 0.1) is 24.9 Å². The lowest BCUT2D eigenvalue weighted by molar-refractivity contribution is 0.0742. The van der Waals surface area contributed by atoms with Crippen LogP contribution in [-0.2, 0) is 11.2 Å². The lowest BCUT2D eigenvalue weighted by atomic mass is 10.0. The number of carbonyl (C=O) groups is 1. The van der Waals surface area contributed by atoms with Crippen LogP contribution in [0, 0.1) is 5.92 Å². The van der Waals surface area contributed by atoms with E-state index >= 15 is 0 Å². The third-order valence-electron chi connectivity index (χ3n) is 3.93. The van der Waals surface area contributed by atoms with Gasteiger partial charge in [0.25, 0.3) is 5.91 Å². The van der Waals surface area contributed by atoms with Crippen molar-refractivity contribution in [3.63, 3.8) is 0 Å². The van der Waals surface area contributed by atoms with E-state index in [2.05, 4.69) is 15.0 Å². The number of aromatic nitrogens is 3. The van der Waals surface area contributed by atoms with E-state index in [1.807, 2.05) is 30.0 Å². The van der Waals surface area contributed by atoms with Gasteiger partial charge in [0.15, 0.2) is 0 Å². The zero-order valence-corrected chi connectivity index (χ0v) is 14.7. The molecule has 1 atom stereocenters. The minimum atomic E-state index is 0.0321. The van der Waals surface area contributed by atoms with E-state index in [4.69, 9.17) is 4.74 Å². The van der Waals surface area contributed by atoms with Crippen LogP contribution >= 0.6 is 11.3 Å². The molecule has 7 nitrogen and oxygen atoms in total. The van der Waals surface area contributed by atoms with Gasteiger partial charge in [0.1, 0.15) is 17.0 Å². The Balaban J connectivity index is 1.69. The number of rotatable bonds is 4. The van der Waals surface area contributed by atoms with Crippen molar-refractivity contribution in [3.05, 3.63) is 34.7 Å². The van der Waals surface area contributed by atoms with Gasteiger partial charge < -0.3 is 14.5 Å². The predicted molar refractivity (Wildman–Crippen MR) is 92.4 cm³/mol. The van der Waals surface area contributed by atoms with Crippen molar-refractivity contribution in [2.75, 3.05) is 45.3 Å². The van der Waals surface area contributed by atoms with Gasteiger partial charge in [-0.05, 0) is 6.42 Å². The third-order valence-corrected chi connectivity index (χ3v) is 4.69. The van der Waals surface area contributed by atoms with Crippen LogP contribution in [0.5, 0.6) is 0 Å². The maximum Gasteiger partial charge on any atom is 0.265 e. The molecule has 0 aromatic carbocycles. The van der Waals surface area contributed by atoms with E-state index in [0.717, 1.165) is 17.9 Å². The van der Waals surface area contributed by atoms with Crippen LogP contribution < -0.4 is 4.90 Å². The summed E-state index contributed by atoms with van der Waals surface area (Å²) in [5, 5.41) is 0. The Morgan fingerprint density at radius 1 is 1.46 bits per heavy atom. The van der Waals surface area contributed by atoms with Gasteiger partial charge in [-0.3, -0.25) is 9.78 Å². The monoisotopic (exact) mass is 347 g/mol. The minimum absolute atomic E-state index is 0.0321. The quantitative estimate of drug-likeness (QED) is 0.831. The standard InChI is InChI=1S/C16H21N5O2S/c1-20(2)15-6-13(18-10-19-15)5-12-8-21(3-4-23-9-12)16(22)14-7-17-11-24-14/h6-7,10-12H,3-5,8-9H2,1-2H3. The van der Waals surface area contributed by atoms with Gasteiger partial charge in [-0.2, -0.15) is 0 Å². The lowest BCUT2D eigenvalue weighted by Gasteiger charge is -2.23. The highest BCUT2D eigenvalue weighted by Gasteiger charge is 2.24. The van der Waals surface area contributed by atoms with Gasteiger partial charge in [-0.25, -0.2) is 9.97 Å². The molecule has 1 unspecified atom stereocenters. The average molecular weight is 347 g/mol. The molecule has 24 heavy (non-hydrogen) atoms. The summed E-state index contributed by atoms with van der Waals surface area (Å²) in [5.41, 5.74) is 2.65. The van der Waals surface area contributed by atoms with E-state index in [1.165, 1.54) is 11.3 Å². The Hall–Kier alpha value is -2.06. The van der Waals surface area contributed by atoms with Gasteiger partial charge in [0.2, 0.25) is 0 Å². The Labute approximate surface area is 145 Å². The van der Waals surface area contributed by atoms with Crippen molar-refractivity contribution in [1.29, 1.82) is 0 Å². The number of hydrogen-bond donors (Lipinski definition) is 0. The molecule has 1 fully saturated rings. The molecule has 0 N–H and O–H groups in total. The molecule has 8 heteroatoms. The summed E-state index contributed by atoms with van der Waals surface area (Å²) < 4.78 is 5.69. The minimum Gasteiger partial charge on any atom is -0.379 e. The average Bonchev–Trinajstić information content (AvgIpc) is 3.02. The summed E-state index contributed by atoms with van der Waals surface area (Å²) in [6.45, 7) is 2.47. The molecule has 2 aromatic heterocycles. The predicted octanol–water partition coefficient (Wildman–Crippen LogP) is 1.33. The fourth-order valence-electron chi connectivity index (χ4n) is 2.70. The number of hydrogen-bond acceptors (Lipinski definition) is 7. The Kier molecular flexibility index (Phi) is 5.37. The number of thiazole rings is 1. The van der Waals surface area contributed by atoms with Crippen molar-refractivity contribution in [2.45, 2.75) is 6.42 Å². The number of ether oxygens (including phenoxy) is 1. The molecule has 0 spiro atoms. The molecular formula is C16H21N5O2S. The first-order valence-corrected chi connectivity index (χ1v) is 8.75. The number of anilines is 1. The molecule has 0 radical (unpaired) electrons. The van der Waals surface area contributed by atoms with E-state index in [-0.39, 0.29) is 11.8 Å². The van der Waals surface area contributed by atoms with E-state index in [0.29, 0.717) is 31.2 Å². The molecule has 3 heterocycles. The lowest BCUT2D eigenvalue weighted by Crippen LogP contribution is -2.36. The van der Waals surface area contributed by atoms with Crippen LogP contribution in [0.3, 0.4) is 0 Å². The molecule has 1 saturated heterocycles. The highest BCUT2D eigenvalue weighted by molar-refractivity contribution is 7.11. The molecule has 0 saturated carbocycles. The molecule has 2 aromatic rings. The van der Waals surface area contributed by atoms with Gasteiger partial charge in [-0.15, -0.1) is 11.3 Å². The van der Waals surface area contributed by atoms with Crippen molar-refractivity contribution in [3.8, 4) is 0 Å². The fourth-order valence-corrected chi connectivity index (χ4v) is 3.29. The summed E-state index contributed by atoms with van der Waals surface area (Å²) >= 11 is 1.37. The van der Waals surface area contributed by atoms with Crippen molar-refractivity contribution in [1.82, 2.24) is 19.9 Å². The fraction of sp³-hybridized carbons (Fsp3) is 0.500. The molecule has 3 rings (SSSR count). The first-order chi connectivity index (χ1) is 11.6. The third kappa shape index (κ3) is 4.07. The Morgan fingerprint density at radius 2 is 2.33 bits per heavy atom. The Bertz CT molecular complexity index is 677. The van der Waals surface area contributed by atoms with Gasteiger partial charge >= 0.3 is 0 Å². The first-order valence-electron chi connectivity index (χ1n) is 7.87. The maximum atomic E-state index is 12.6. The molecule has 128 valence electrons. The second-order valence-corrected chi connectivity index (χ2v) is 6.91. The number of carbonyl (C=O) groups excluding carboxylic acids is 1. The number of amides is 1. The van der Waals surface area contributed by atoms with Crippen molar-refractivity contribution < 1.29 is 9.53 Å². The molecule has 0 aliphatic carbocycles. The molecule has 1 amide bonds. The van der Waals surface area contributed by atoms with Crippen LogP contribution in [0.4, 0.5) is 5.82 Å². The highest BCUT2D eigenvalue weighted by atomic mass is 32.1. The largest absolute Gasteiger partial charge is 0.379 e. The molecule has 1 aliphatic heterocycles. The zero-order chi connectivity index (χ0) is 16.9. The molecule has 1 aliphatic rings. The smallest absolute Gasteiger partial charge is 0.265 e. The molecular weight excluding hydrogens is 326 g/mol. The topological polar surface area (TPSA) is 71.5 Å². The SMILES string of the molecule is CN(C)c1cc(CC2COCCN(C(=O)c3cncs3)C2)ncn1. The summed E-state index contributed by atoms with van der Waals surface area (Å²) in [5.74, 6) is 1.13. The van der Waals surface area contributed by atoms with E-state index in [9.17, 15) is 4.79 Å². The number of nitrogens with zero attached hydrogens (tertiary/aromatic N) is 5. The van der Waals surface area contributed by atoms with Crippen LogP contribution in [-0.4, -0.2) is 66.2 Å². The maximum absolute atomic E-state index is 12.6. The normalized spacial score (nSPS) is 18.2. The van der Waals surface area contributed by atoms with Gasteiger partial charge in [-0.1, -0.05) is 0 Å². The second-order valence-electron chi connectivity index (χ2n) is 6.02. The van der Waals surface area contributed by atoms with Gasteiger partial charge in [0, 0.05) is 44.9 Å². The second kappa shape index (κ2) is 7.67. The highest BCUT2D eigenvalue weighted by Crippen LogP contribution is 2.18. The van der Waals surface area contributed by atoms with E-state index in [1.54, 1.807) is 18.0 Å². The van der Waals surface area contributed by atoms with Crippen molar-refractivity contribution in [2.24, 2.45) is 5.92 Å². The summed E-state index contributed by atoms with van der Waals surface area (Å²) in [4.78, 5) is 29.6. The van der Waals surface area contributed by atoms with Crippen LogP contribution in [0.15, 0.2) is 24.1 Å². The summed E-state index contributed by atoms with van der Waals surface area (Å²) in [6.07, 6.45) is 3.97. The van der Waals surface area contributed by atoms with Crippen molar-refractivity contribution >= 4 is 23.1 Å². The molecule has 0 bridgehead atoms.